The molecule has 0 bridgehead atoms. The molecule has 0 aliphatic heterocycles. The van der Waals surface area contributed by atoms with Gasteiger partial charge in [-0.05, 0) is 66.1 Å². The second-order valence-corrected chi connectivity index (χ2v) is 10.3. The molecule has 3 aromatic rings. The minimum atomic E-state index is -4.45. The number of carbonyl (C=O) groups is 1. The highest BCUT2D eigenvalue weighted by molar-refractivity contribution is 5.94. The lowest BCUT2D eigenvalue weighted by Gasteiger charge is -2.19. The van der Waals surface area contributed by atoms with Gasteiger partial charge in [0.25, 0.3) is 5.91 Å². The van der Waals surface area contributed by atoms with Crippen molar-refractivity contribution in [3.63, 3.8) is 0 Å². The quantitative estimate of drug-likeness (QED) is 0.343. The first kappa shape index (κ1) is 25.8. The van der Waals surface area contributed by atoms with Gasteiger partial charge in [-0.1, -0.05) is 45.0 Å². The molecule has 0 radical (unpaired) electrons. The standard InChI is InChI=1S/C28H32F3N3O2/c1-27(2,3)22-10-12-23(13-11-22)36-18-19-6-4-7-21(16-19)26(35)32-14-5-15-34-24(20-8-9-20)17-25(33-34)28(29,30)31/h4,6-7,10-13,16-17,20H,5,8-9,14-15,18H2,1-3H3,(H,32,35). The summed E-state index contributed by atoms with van der Waals surface area (Å²) in [5.41, 5.74) is 2.46. The number of ether oxygens (including phenoxy) is 1. The van der Waals surface area contributed by atoms with Crippen molar-refractivity contribution in [2.24, 2.45) is 0 Å². The zero-order chi connectivity index (χ0) is 25.9. The van der Waals surface area contributed by atoms with Crippen molar-refractivity contribution in [3.05, 3.63) is 82.7 Å². The molecule has 2 aromatic carbocycles. The number of hydrogen-bond acceptors (Lipinski definition) is 3. The molecule has 4 rings (SSSR count). The molecule has 192 valence electrons. The molecule has 0 atom stereocenters. The average molecular weight is 500 g/mol. The number of hydrogen-bond donors (Lipinski definition) is 1. The molecule has 36 heavy (non-hydrogen) atoms. The van der Waals surface area contributed by atoms with Crippen LogP contribution >= 0.6 is 0 Å². The van der Waals surface area contributed by atoms with Crippen molar-refractivity contribution < 1.29 is 22.7 Å². The Hall–Kier alpha value is -3.29. The zero-order valence-electron chi connectivity index (χ0n) is 20.9. The molecular weight excluding hydrogens is 467 g/mol. The van der Waals surface area contributed by atoms with E-state index >= 15 is 0 Å². The minimum absolute atomic E-state index is 0.0735. The number of carbonyl (C=O) groups excluding carboxylic acids is 1. The number of benzene rings is 2. The van der Waals surface area contributed by atoms with Gasteiger partial charge in [-0.15, -0.1) is 0 Å². The van der Waals surface area contributed by atoms with E-state index in [4.69, 9.17) is 4.74 Å². The predicted molar refractivity (Wildman–Crippen MR) is 132 cm³/mol. The second kappa shape index (κ2) is 10.4. The molecule has 0 spiro atoms. The fraction of sp³-hybridized carbons (Fsp3) is 0.429. The van der Waals surface area contributed by atoms with Crippen LogP contribution in [0.15, 0.2) is 54.6 Å². The second-order valence-electron chi connectivity index (χ2n) is 10.3. The van der Waals surface area contributed by atoms with Crippen LogP contribution in [0.3, 0.4) is 0 Å². The molecular formula is C28H32F3N3O2. The third kappa shape index (κ3) is 6.68. The number of aryl methyl sites for hydroxylation is 1. The summed E-state index contributed by atoms with van der Waals surface area (Å²) >= 11 is 0. The van der Waals surface area contributed by atoms with Crippen LogP contribution in [0.4, 0.5) is 13.2 Å². The van der Waals surface area contributed by atoms with Crippen molar-refractivity contribution in [3.8, 4) is 5.75 Å². The summed E-state index contributed by atoms with van der Waals surface area (Å²) in [6.07, 6.45) is -2.18. The summed E-state index contributed by atoms with van der Waals surface area (Å²) in [6.45, 7) is 7.47. The van der Waals surface area contributed by atoms with E-state index in [1.807, 2.05) is 18.2 Å². The van der Waals surface area contributed by atoms with Gasteiger partial charge in [-0.2, -0.15) is 18.3 Å². The van der Waals surface area contributed by atoms with Crippen LogP contribution < -0.4 is 10.1 Å². The molecule has 1 aliphatic rings. The van der Waals surface area contributed by atoms with Gasteiger partial charge in [-0.3, -0.25) is 9.48 Å². The summed E-state index contributed by atoms with van der Waals surface area (Å²) in [7, 11) is 0. The Kier molecular flexibility index (Phi) is 7.43. The maximum absolute atomic E-state index is 13.0. The molecule has 0 saturated heterocycles. The SMILES string of the molecule is CC(C)(C)c1ccc(OCc2cccc(C(=O)NCCCn3nc(C(F)(F)F)cc3C3CC3)c2)cc1. The lowest BCUT2D eigenvalue weighted by molar-refractivity contribution is -0.141. The van der Waals surface area contributed by atoms with Crippen molar-refractivity contribution >= 4 is 5.91 Å². The summed E-state index contributed by atoms with van der Waals surface area (Å²) in [5.74, 6) is 0.686. The van der Waals surface area contributed by atoms with Gasteiger partial charge in [0.15, 0.2) is 5.69 Å². The van der Waals surface area contributed by atoms with Gasteiger partial charge in [0.05, 0.1) is 0 Å². The van der Waals surface area contributed by atoms with Crippen molar-refractivity contribution in [1.82, 2.24) is 15.1 Å². The zero-order valence-corrected chi connectivity index (χ0v) is 20.9. The Morgan fingerprint density at radius 2 is 1.81 bits per heavy atom. The van der Waals surface area contributed by atoms with Crippen molar-refractivity contribution in [2.75, 3.05) is 6.54 Å². The largest absolute Gasteiger partial charge is 0.489 e. The monoisotopic (exact) mass is 499 g/mol. The number of nitrogens with zero attached hydrogens (tertiary/aromatic N) is 2. The fourth-order valence-corrected chi connectivity index (χ4v) is 4.01. The Morgan fingerprint density at radius 3 is 2.44 bits per heavy atom. The van der Waals surface area contributed by atoms with E-state index < -0.39 is 11.9 Å². The molecule has 1 fully saturated rings. The molecule has 1 N–H and O–H groups in total. The Morgan fingerprint density at radius 1 is 1.08 bits per heavy atom. The number of aromatic nitrogens is 2. The minimum Gasteiger partial charge on any atom is -0.489 e. The number of halogens is 3. The summed E-state index contributed by atoms with van der Waals surface area (Å²) in [6, 6.07) is 16.4. The summed E-state index contributed by atoms with van der Waals surface area (Å²) < 4.78 is 46.5. The fourth-order valence-electron chi connectivity index (χ4n) is 4.01. The third-order valence-corrected chi connectivity index (χ3v) is 6.24. The van der Waals surface area contributed by atoms with Gasteiger partial charge in [0.2, 0.25) is 0 Å². The van der Waals surface area contributed by atoms with E-state index in [1.165, 1.54) is 10.2 Å². The highest BCUT2D eigenvalue weighted by Crippen LogP contribution is 2.42. The van der Waals surface area contributed by atoms with Crippen LogP contribution in [0.1, 0.15) is 78.8 Å². The van der Waals surface area contributed by atoms with Gasteiger partial charge >= 0.3 is 6.18 Å². The normalized spacial score (nSPS) is 14.1. The molecule has 1 amide bonds. The topological polar surface area (TPSA) is 56.1 Å². The van der Waals surface area contributed by atoms with Crippen LogP contribution in [0.5, 0.6) is 5.75 Å². The number of amides is 1. The van der Waals surface area contributed by atoms with E-state index in [0.29, 0.717) is 37.4 Å². The number of alkyl halides is 3. The van der Waals surface area contributed by atoms with E-state index in [-0.39, 0.29) is 17.2 Å². The highest BCUT2D eigenvalue weighted by Gasteiger charge is 2.37. The molecule has 8 heteroatoms. The lowest BCUT2D eigenvalue weighted by atomic mass is 9.87. The molecule has 1 aliphatic carbocycles. The molecule has 0 unspecified atom stereocenters. The first-order valence-corrected chi connectivity index (χ1v) is 12.3. The summed E-state index contributed by atoms with van der Waals surface area (Å²) in [4.78, 5) is 12.6. The summed E-state index contributed by atoms with van der Waals surface area (Å²) in [5, 5.41) is 6.61. The van der Waals surface area contributed by atoms with Crippen LogP contribution in [0.25, 0.3) is 0 Å². The third-order valence-electron chi connectivity index (χ3n) is 6.24. The Labute approximate surface area is 209 Å². The predicted octanol–water partition coefficient (Wildman–Crippen LogP) is 6.48. The van der Waals surface area contributed by atoms with Gasteiger partial charge in [0, 0.05) is 30.3 Å². The van der Waals surface area contributed by atoms with E-state index in [1.54, 1.807) is 18.2 Å². The maximum atomic E-state index is 13.0. The Balaban J connectivity index is 1.27. The van der Waals surface area contributed by atoms with E-state index in [0.717, 1.165) is 30.2 Å². The van der Waals surface area contributed by atoms with Crippen molar-refractivity contribution in [2.45, 2.75) is 70.7 Å². The Bertz CT molecular complexity index is 1190. The van der Waals surface area contributed by atoms with Crippen LogP contribution in [-0.2, 0) is 24.7 Å². The average Bonchev–Trinajstić information content (AvgIpc) is 3.58. The molecule has 1 saturated carbocycles. The van der Waals surface area contributed by atoms with E-state index in [2.05, 4.69) is 43.3 Å². The van der Waals surface area contributed by atoms with Crippen LogP contribution in [-0.4, -0.2) is 22.2 Å². The molecule has 1 aromatic heterocycles. The first-order chi connectivity index (χ1) is 17.0. The molecule has 1 heterocycles. The van der Waals surface area contributed by atoms with Crippen LogP contribution in [0, 0.1) is 0 Å². The maximum Gasteiger partial charge on any atom is 0.435 e. The van der Waals surface area contributed by atoms with Crippen molar-refractivity contribution in [1.29, 1.82) is 0 Å². The van der Waals surface area contributed by atoms with Gasteiger partial charge < -0.3 is 10.1 Å². The lowest BCUT2D eigenvalue weighted by Crippen LogP contribution is -2.25. The van der Waals surface area contributed by atoms with Gasteiger partial charge in [-0.25, -0.2) is 0 Å². The smallest absolute Gasteiger partial charge is 0.435 e. The van der Waals surface area contributed by atoms with E-state index in [9.17, 15) is 18.0 Å². The van der Waals surface area contributed by atoms with Gasteiger partial charge in [0.1, 0.15) is 12.4 Å². The first-order valence-electron chi connectivity index (χ1n) is 12.3. The number of nitrogens with one attached hydrogen (secondary N) is 1. The highest BCUT2D eigenvalue weighted by atomic mass is 19.4. The molecule has 5 nitrogen and oxygen atoms in total. The van der Waals surface area contributed by atoms with Crippen LogP contribution in [0.2, 0.25) is 0 Å². The number of rotatable bonds is 9.